The predicted molar refractivity (Wildman–Crippen MR) is 88.9 cm³/mol. The van der Waals surface area contributed by atoms with Gasteiger partial charge in [-0.2, -0.15) is 13.2 Å². The number of rotatable bonds is 6. The topological polar surface area (TPSA) is 71.1 Å². The summed E-state index contributed by atoms with van der Waals surface area (Å²) in [6.07, 6.45) is -2.44. The van der Waals surface area contributed by atoms with Gasteiger partial charge in [-0.15, -0.1) is 0 Å². The van der Waals surface area contributed by atoms with E-state index in [0.29, 0.717) is 12.1 Å². The largest absolute Gasteiger partial charge is 0.442 e. The van der Waals surface area contributed by atoms with E-state index in [-0.39, 0.29) is 12.2 Å². The zero-order valence-corrected chi connectivity index (χ0v) is 14.1. The molecule has 142 valence electrons. The van der Waals surface area contributed by atoms with Crippen molar-refractivity contribution in [1.29, 1.82) is 0 Å². The number of β-amino-alcohol motifs (C(OH)–C–C–N with tert-alkyl or cyclic N) is 1. The highest BCUT2D eigenvalue weighted by atomic mass is 19.4. The van der Waals surface area contributed by atoms with Crippen molar-refractivity contribution in [2.45, 2.75) is 31.5 Å². The quantitative estimate of drug-likeness (QED) is 0.624. The lowest BCUT2D eigenvalue weighted by Crippen LogP contribution is -2.38. The van der Waals surface area contributed by atoms with Crippen molar-refractivity contribution in [2.24, 2.45) is 5.16 Å². The Bertz CT molecular complexity index is 721. The summed E-state index contributed by atoms with van der Waals surface area (Å²) >= 11 is 0. The number of aliphatic hydroxyl groups is 1. The van der Waals surface area contributed by atoms with E-state index in [4.69, 9.17) is 9.25 Å². The molecule has 9 heteroatoms. The van der Waals surface area contributed by atoms with Crippen molar-refractivity contribution >= 4 is 16.8 Å². The standard InChI is InChI=1S/C17H20F3N3O3/c18-17(19,20)15(16-21-13-6-2-3-7-14(13)26-16)22-25-11-12(24)10-23-8-4-1-5-9-23/h2-3,6-7,12,24H,1,4-5,8-11H2/b22-15-. The van der Waals surface area contributed by atoms with Gasteiger partial charge in [-0.25, -0.2) is 4.98 Å². The molecule has 1 fully saturated rings. The summed E-state index contributed by atoms with van der Waals surface area (Å²) in [5, 5.41) is 13.1. The van der Waals surface area contributed by atoms with Crippen LogP contribution in [-0.4, -0.2) is 59.2 Å². The van der Waals surface area contributed by atoms with Crippen LogP contribution in [0.25, 0.3) is 11.1 Å². The summed E-state index contributed by atoms with van der Waals surface area (Å²) in [6.45, 7) is 1.75. The SMILES string of the molecule is OC(CO/N=C(/c1nc2ccccc2o1)C(F)(F)F)CN1CCCCC1. The summed E-state index contributed by atoms with van der Waals surface area (Å²) in [4.78, 5) is 10.6. The van der Waals surface area contributed by atoms with Crippen molar-refractivity contribution in [3.05, 3.63) is 30.2 Å². The van der Waals surface area contributed by atoms with E-state index < -0.39 is 23.9 Å². The molecule has 1 unspecified atom stereocenters. The molecule has 26 heavy (non-hydrogen) atoms. The second-order valence-corrected chi connectivity index (χ2v) is 6.24. The highest BCUT2D eigenvalue weighted by molar-refractivity contribution is 6.02. The second kappa shape index (κ2) is 8.05. The molecule has 6 nitrogen and oxygen atoms in total. The van der Waals surface area contributed by atoms with Gasteiger partial charge in [0.1, 0.15) is 18.2 Å². The van der Waals surface area contributed by atoms with Crippen LogP contribution in [0.1, 0.15) is 25.2 Å². The third-order valence-electron chi connectivity index (χ3n) is 4.11. The van der Waals surface area contributed by atoms with E-state index in [1.807, 2.05) is 0 Å². The van der Waals surface area contributed by atoms with Crippen LogP contribution in [0.2, 0.25) is 0 Å². The van der Waals surface area contributed by atoms with Gasteiger partial charge in [0.2, 0.25) is 5.71 Å². The fourth-order valence-corrected chi connectivity index (χ4v) is 2.87. The lowest BCUT2D eigenvalue weighted by Gasteiger charge is -2.27. The number of likely N-dealkylation sites (tertiary alicyclic amines) is 1. The van der Waals surface area contributed by atoms with Crippen molar-refractivity contribution in [3.8, 4) is 0 Å². The van der Waals surface area contributed by atoms with Crippen LogP contribution in [0.15, 0.2) is 33.8 Å². The van der Waals surface area contributed by atoms with E-state index in [2.05, 4.69) is 15.0 Å². The fourth-order valence-electron chi connectivity index (χ4n) is 2.87. The first-order valence-corrected chi connectivity index (χ1v) is 8.47. The Hall–Kier alpha value is -2.13. The maximum absolute atomic E-state index is 13.2. The number of piperidine rings is 1. The van der Waals surface area contributed by atoms with Gasteiger partial charge in [0.15, 0.2) is 5.58 Å². The number of hydrogen-bond acceptors (Lipinski definition) is 6. The van der Waals surface area contributed by atoms with Crippen molar-refractivity contribution in [1.82, 2.24) is 9.88 Å². The van der Waals surface area contributed by atoms with Crippen LogP contribution < -0.4 is 0 Å². The van der Waals surface area contributed by atoms with Gasteiger partial charge in [-0.1, -0.05) is 23.7 Å². The molecule has 1 aliphatic heterocycles. The Morgan fingerprint density at radius 3 is 2.69 bits per heavy atom. The molecule has 0 radical (unpaired) electrons. The summed E-state index contributed by atoms with van der Waals surface area (Å²) < 4.78 is 44.9. The van der Waals surface area contributed by atoms with E-state index >= 15 is 0 Å². The van der Waals surface area contributed by atoms with Crippen LogP contribution in [0.4, 0.5) is 13.2 Å². The average Bonchev–Trinajstić information content (AvgIpc) is 3.02. The molecule has 0 spiro atoms. The van der Waals surface area contributed by atoms with Crippen LogP contribution >= 0.6 is 0 Å². The predicted octanol–water partition coefficient (Wildman–Crippen LogP) is 2.96. The second-order valence-electron chi connectivity index (χ2n) is 6.24. The number of para-hydroxylation sites is 2. The molecule has 0 saturated carbocycles. The Balaban J connectivity index is 1.65. The molecular weight excluding hydrogens is 351 g/mol. The van der Waals surface area contributed by atoms with Crippen molar-refractivity contribution in [3.63, 3.8) is 0 Å². The summed E-state index contributed by atoms with van der Waals surface area (Å²) in [7, 11) is 0. The molecule has 3 rings (SSSR count). The van der Waals surface area contributed by atoms with Crippen molar-refractivity contribution < 1.29 is 27.5 Å². The minimum atomic E-state index is -4.79. The Labute approximate surface area is 148 Å². The molecule has 1 aromatic carbocycles. The molecule has 1 N–H and O–H groups in total. The number of oxime groups is 1. The Kier molecular flexibility index (Phi) is 5.77. The molecule has 1 aliphatic rings. The summed E-state index contributed by atoms with van der Waals surface area (Å²) in [6, 6.07) is 6.34. The molecule has 1 saturated heterocycles. The normalized spacial score (nSPS) is 18.2. The van der Waals surface area contributed by atoms with Crippen LogP contribution in [0.3, 0.4) is 0 Å². The number of alkyl halides is 3. The smallest absolute Gasteiger partial charge is 0.435 e. The number of benzene rings is 1. The third-order valence-corrected chi connectivity index (χ3v) is 4.11. The van der Waals surface area contributed by atoms with E-state index in [1.165, 1.54) is 6.07 Å². The molecular formula is C17H20F3N3O3. The van der Waals surface area contributed by atoms with Gasteiger partial charge in [-0.05, 0) is 38.1 Å². The van der Waals surface area contributed by atoms with Crippen LogP contribution in [-0.2, 0) is 4.84 Å². The first-order valence-electron chi connectivity index (χ1n) is 8.47. The summed E-state index contributed by atoms with van der Waals surface area (Å²) in [5.41, 5.74) is -0.840. The van der Waals surface area contributed by atoms with Gasteiger partial charge < -0.3 is 19.3 Å². The molecule has 0 bridgehead atoms. The molecule has 2 aromatic rings. The number of nitrogens with zero attached hydrogens (tertiary/aromatic N) is 3. The van der Waals surface area contributed by atoms with Gasteiger partial charge >= 0.3 is 6.18 Å². The minimum Gasteiger partial charge on any atom is -0.435 e. The van der Waals surface area contributed by atoms with Crippen LogP contribution in [0.5, 0.6) is 0 Å². The highest BCUT2D eigenvalue weighted by Crippen LogP contribution is 2.25. The number of aromatic nitrogens is 1. The zero-order chi connectivity index (χ0) is 18.6. The lowest BCUT2D eigenvalue weighted by molar-refractivity contribution is -0.0643. The van der Waals surface area contributed by atoms with E-state index in [0.717, 1.165) is 32.4 Å². The Morgan fingerprint density at radius 2 is 2.00 bits per heavy atom. The monoisotopic (exact) mass is 371 g/mol. The number of oxazole rings is 1. The number of hydrogen-bond donors (Lipinski definition) is 1. The third kappa shape index (κ3) is 4.73. The first-order chi connectivity index (χ1) is 12.4. The van der Waals surface area contributed by atoms with Crippen LogP contribution in [0, 0.1) is 0 Å². The number of aliphatic hydroxyl groups excluding tert-OH is 1. The average molecular weight is 371 g/mol. The molecule has 2 heterocycles. The van der Waals surface area contributed by atoms with Gasteiger partial charge in [0.05, 0.1) is 0 Å². The molecule has 0 aliphatic carbocycles. The lowest BCUT2D eigenvalue weighted by atomic mass is 10.1. The van der Waals surface area contributed by atoms with Gasteiger partial charge in [0.25, 0.3) is 5.89 Å². The molecule has 1 aromatic heterocycles. The van der Waals surface area contributed by atoms with Gasteiger partial charge in [0, 0.05) is 6.54 Å². The van der Waals surface area contributed by atoms with Gasteiger partial charge in [-0.3, -0.25) is 0 Å². The number of fused-ring (bicyclic) bond motifs is 1. The number of halogens is 3. The minimum absolute atomic E-state index is 0.226. The Morgan fingerprint density at radius 1 is 1.27 bits per heavy atom. The van der Waals surface area contributed by atoms with Crippen molar-refractivity contribution in [2.75, 3.05) is 26.2 Å². The maximum Gasteiger partial charge on any atom is 0.442 e. The van der Waals surface area contributed by atoms with E-state index in [9.17, 15) is 18.3 Å². The van der Waals surface area contributed by atoms with E-state index in [1.54, 1.807) is 18.2 Å². The zero-order valence-electron chi connectivity index (χ0n) is 14.1. The fraction of sp³-hybridized carbons (Fsp3) is 0.529. The summed E-state index contributed by atoms with van der Waals surface area (Å²) in [5.74, 6) is -0.663. The molecule has 0 amide bonds. The maximum atomic E-state index is 13.2. The first kappa shape index (κ1) is 18.7. The highest BCUT2D eigenvalue weighted by Gasteiger charge is 2.41. The molecule has 1 atom stereocenters.